The molecule has 124 valence electrons. The van der Waals surface area contributed by atoms with Crippen LogP contribution in [0.5, 0.6) is 0 Å². The molecule has 3 heterocycles. The van der Waals surface area contributed by atoms with Gasteiger partial charge in [0.2, 0.25) is 0 Å². The fraction of sp³-hybridized carbons (Fsp3) is 0.846. The van der Waals surface area contributed by atoms with E-state index < -0.39 is 10.2 Å². The van der Waals surface area contributed by atoms with E-state index in [0.29, 0.717) is 38.5 Å². The lowest BCUT2D eigenvalue weighted by Crippen LogP contribution is -2.47. The number of hydrogen-bond acceptors (Lipinski definition) is 4. The van der Waals surface area contributed by atoms with E-state index in [1.165, 1.54) is 0 Å². The third-order valence-corrected chi connectivity index (χ3v) is 6.57. The summed E-state index contributed by atoms with van der Waals surface area (Å²) >= 11 is 0. The molecule has 0 saturated carbocycles. The Labute approximate surface area is 130 Å². The summed E-state index contributed by atoms with van der Waals surface area (Å²) < 4.78 is 30.1. The molecule has 0 aliphatic carbocycles. The van der Waals surface area contributed by atoms with Gasteiger partial charge in [-0.15, -0.1) is 0 Å². The van der Waals surface area contributed by atoms with E-state index in [4.69, 9.17) is 0 Å². The molecule has 0 amide bonds. The van der Waals surface area contributed by atoms with Gasteiger partial charge < -0.3 is 0 Å². The van der Waals surface area contributed by atoms with Crippen molar-refractivity contribution in [3.8, 4) is 0 Å². The van der Waals surface area contributed by atoms with Gasteiger partial charge in [0, 0.05) is 38.6 Å². The van der Waals surface area contributed by atoms with Crippen molar-refractivity contribution in [3.63, 3.8) is 0 Å². The predicted octanol–water partition coefficient (Wildman–Crippen LogP) is 0.111. The predicted molar refractivity (Wildman–Crippen MR) is 81.8 cm³/mol. The van der Waals surface area contributed by atoms with Crippen LogP contribution in [0.4, 0.5) is 0 Å². The average Bonchev–Trinajstić information content (AvgIpc) is 3.17. The van der Waals surface area contributed by atoms with Gasteiger partial charge >= 0.3 is 5.69 Å². The van der Waals surface area contributed by atoms with Crippen molar-refractivity contribution in [2.75, 3.05) is 26.2 Å². The number of rotatable bonds is 4. The largest absolute Gasteiger partial charge is 0.343 e. The first-order chi connectivity index (χ1) is 10.5. The number of hydrogen-bond donors (Lipinski definition) is 1. The number of aromatic nitrogens is 3. The molecule has 1 unspecified atom stereocenters. The van der Waals surface area contributed by atoms with Crippen molar-refractivity contribution in [1.29, 1.82) is 0 Å². The second-order valence-electron chi connectivity index (χ2n) is 5.94. The smallest absolute Gasteiger partial charge is 0.279 e. The van der Waals surface area contributed by atoms with E-state index in [2.05, 4.69) is 10.2 Å². The Morgan fingerprint density at radius 1 is 1.18 bits per heavy atom. The number of nitrogens with zero attached hydrogens (tertiary/aromatic N) is 4. The van der Waals surface area contributed by atoms with Crippen molar-refractivity contribution >= 4 is 10.2 Å². The van der Waals surface area contributed by atoms with E-state index in [-0.39, 0.29) is 11.6 Å². The number of nitrogens with one attached hydrogen (secondary N) is 1. The minimum atomic E-state index is -3.37. The van der Waals surface area contributed by atoms with Crippen LogP contribution in [-0.4, -0.2) is 58.0 Å². The zero-order chi connectivity index (χ0) is 15.7. The van der Waals surface area contributed by atoms with Crippen LogP contribution < -0.4 is 5.69 Å². The van der Waals surface area contributed by atoms with E-state index >= 15 is 0 Å². The monoisotopic (exact) mass is 329 g/mol. The molecule has 2 aliphatic heterocycles. The minimum absolute atomic E-state index is 0.0231. The molecule has 9 heteroatoms. The number of H-pyrrole nitrogens is 1. The van der Waals surface area contributed by atoms with Crippen LogP contribution in [0.25, 0.3) is 0 Å². The Kier molecular flexibility index (Phi) is 4.37. The molecule has 0 spiro atoms. The topological polar surface area (TPSA) is 91.3 Å². The lowest BCUT2D eigenvalue weighted by atomic mass is 9.99. The van der Waals surface area contributed by atoms with Crippen LogP contribution in [0, 0.1) is 0 Å². The molecular weight excluding hydrogens is 306 g/mol. The van der Waals surface area contributed by atoms with Gasteiger partial charge in [0.1, 0.15) is 5.82 Å². The summed E-state index contributed by atoms with van der Waals surface area (Å²) in [5.41, 5.74) is -0.225. The van der Waals surface area contributed by atoms with Gasteiger partial charge in [-0.25, -0.2) is 9.89 Å². The van der Waals surface area contributed by atoms with Gasteiger partial charge in [-0.3, -0.25) is 4.57 Å². The Bertz CT molecular complexity index is 674. The molecule has 2 saturated heterocycles. The zero-order valence-electron chi connectivity index (χ0n) is 12.9. The van der Waals surface area contributed by atoms with Crippen molar-refractivity contribution < 1.29 is 8.42 Å². The highest BCUT2D eigenvalue weighted by Gasteiger charge is 2.36. The Morgan fingerprint density at radius 3 is 2.55 bits per heavy atom. The van der Waals surface area contributed by atoms with E-state index in [9.17, 15) is 13.2 Å². The molecule has 22 heavy (non-hydrogen) atoms. The van der Waals surface area contributed by atoms with Gasteiger partial charge in [0.15, 0.2) is 0 Å². The highest BCUT2D eigenvalue weighted by atomic mass is 32.2. The first-order valence-electron chi connectivity index (χ1n) is 7.94. The molecule has 1 aromatic heterocycles. The standard InChI is InChI=1S/C13H23N5O3S/c1-2-18-12(14-15-13(18)19)11-6-5-9-17(10-11)22(20,21)16-7-3-4-8-16/h11H,2-10H2,1H3,(H,15,19). The van der Waals surface area contributed by atoms with Crippen molar-refractivity contribution in [1.82, 2.24) is 23.4 Å². The summed E-state index contributed by atoms with van der Waals surface area (Å²) in [5, 5.41) is 6.59. The lowest BCUT2D eigenvalue weighted by Gasteiger charge is -2.33. The van der Waals surface area contributed by atoms with Gasteiger partial charge in [-0.05, 0) is 32.6 Å². The molecule has 1 aromatic rings. The van der Waals surface area contributed by atoms with Crippen LogP contribution in [0.1, 0.15) is 44.3 Å². The van der Waals surface area contributed by atoms with Crippen LogP contribution in [-0.2, 0) is 16.8 Å². The SMILES string of the molecule is CCn1c(C2CCCN(S(=O)(=O)N3CCCC3)C2)n[nH]c1=O. The molecule has 0 bridgehead atoms. The summed E-state index contributed by atoms with van der Waals surface area (Å²) in [6.07, 6.45) is 3.52. The maximum atomic E-state index is 12.7. The van der Waals surface area contributed by atoms with Crippen LogP contribution in [0.3, 0.4) is 0 Å². The second-order valence-corrected chi connectivity index (χ2v) is 7.87. The van der Waals surface area contributed by atoms with Crippen LogP contribution >= 0.6 is 0 Å². The fourth-order valence-electron chi connectivity index (χ4n) is 3.39. The molecule has 0 radical (unpaired) electrons. The van der Waals surface area contributed by atoms with Crippen molar-refractivity contribution in [2.24, 2.45) is 0 Å². The quantitative estimate of drug-likeness (QED) is 0.849. The average molecular weight is 329 g/mol. The first-order valence-corrected chi connectivity index (χ1v) is 9.34. The maximum absolute atomic E-state index is 12.7. The zero-order valence-corrected chi connectivity index (χ0v) is 13.7. The third-order valence-electron chi connectivity index (χ3n) is 4.57. The summed E-state index contributed by atoms with van der Waals surface area (Å²) in [5.74, 6) is 0.652. The van der Waals surface area contributed by atoms with Crippen molar-refractivity contribution in [2.45, 2.75) is 45.1 Å². The molecule has 1 atom stereocenters. The number of aromatic amines is 1. The molecule has 2 aliphatic rings. The van der Waals surface area contributed by atoms with Crippen LogP contribution in [0.2, 0.25) is 0 Å². The minimum Gasteiger partial charge on any atom is -0.279 e. The highest BCUT2D eigenvalue weighted by molar-refractivity contribution is 7.86. The summed E-state index contributed by atoms with van der Waals surface area (Å²) in [7, 11) is -3.37. The van der Waals surface area contributed by atoms with Gasteiger partial charge in [-0.1, -0.05) is 0 Å². The van der Waals surface area contributed by atoms with Gasteiger partial charge in [-0.2, -0.15) is 22.1 Å². The fourth-order valence-corrected chi connectivity index (χ4v) is 5.17. The summed E-state index contributed by atoms with van der Waals surface area (Å²) in [4.78, 5) is 11.7. The molecular formula is C13H23N5O3S. The van der Waals surface area contributed by atoms with E-state index in [1.54, 1.807) is 13.2 Å². The molecule has 1 N–H and O–H groups in total. The first kappa shape index (κ1) is 15.7. The third kappa shape index (κ3) is 2.72. The van der Waals surface area contributed by atoms with Crippen molar-refractivity contribution in [3.05, 3.63) is 16.3 Å². The van der Waals surface area contributed by atoms with E-state index in [1.807, 2.05) is 6.92 Å². The molecule has 2 fully saturated rings. The Balaban J connectivity index is 1.81. The second kappa shape index (κ2) is 6.13. The lowest BCUT2D eigenvalue weighted by molar-refractivity contribution is 0.284. The molecule has 8 nitrogen and oxygen atoms in total. The Hall–Kier alpha value is -1.19. The normalized spacial score (nSPS) is 24.9. The van der Waals surface area contributed by atoms with Gasteiger partial charge in [0.25, 0.3) is 10.2 Å². The van der Waals surface area contributed by atoms with Crippen LogP contribution in [0.15, 0.2) is 4.79 Å². The highest BCUT2D eigenvalue weighted by Crippen LogP contribution is 2.28. The Morgan fingerprint density at radius 2 is 1.86 bits per heavy atom. The van der Waals surface area contributed by atoms with E-state index in [0.717, 1.165) is 25.7 Å². The molecule has 0 aromatic carbocycles. The number of piperidine rings is 1. The molecule has 3 rings (SSSR count). The summed E-state index contributed by atoms with van der Waals surface area (Å²) in [6, 6.07) is 0. The summed E-state index contributed by atoms with van der Waals surface area (Å²) in [6.45, 7) is 4.62. The van der Waals surface area contributed by atoms with Gasteiger partial charge in [0.05, 0.1) is 0 Å². The maximum Gasteiger partial charge on any atom is 0.343 e.